The number of rotatable bonds is 5. The molecule has 47 heavy (non-hydrogen) atoms. The molecule has 4 saturated carbocycles. The fourth-order valence-corrected chi connectivity index (χ4v) is 12.3. The first-order valence-corrected chi connectivity index (χ1v) is 17.7. The minimum atomic E-state index is -1.69. The van der Waals surface area contributed by atoms with Gasteiger partial charge in [0.05, 0.1) is 30.8 Å². The van der Waals surface area contributed by atoms with Crippen molar-refractivity contribution in [2.24, 2.45) is 56.2 Å². The molecule has 268 valence electrons. The van der Waals surface area contributed by atoms with Crippen LogP contribution in [0.1, 0.15) is 86.0 Å². The lowest BCUT2D eigenvalue weighted by Gasteiger charge is -2.72. The van der Waals surface area contributed by atoms with Crippen molar-refractivity contribution in [3.63, 3.8) is 0 Å². The van der Waals surface area contributed by atoms with Crippen LogP contribution in [0.5, 0.6) is 0 Å². The zero-order chi connectivity index (χ0) is 34.5. The third kappa shape index (κ3) is 4.81. The third-order valence-corrected chi connectivity index (χ3v) is 15.5. The van der Waals surface area contributed by atoms with E-state index in [0.29, 0.717) is 38.5 Å². The van der Waals surface area contributed by atoms with Crippen molar-refractivity contribution in [2.75, 3.05) is 19.8 Å². The molecule has 17 atom stereocenters. The highest BCUT2D eigenvalue weighted by Gasteiger charge is 2.71. The summed E-state index contributed by atoms with van der Waals surface area (Å²) in [5, 5.41) is 84.3. The van der Waals surface area contributed by atoms with Crippen molar-refractivity contribution in [2.45, 2.75) is 129 Å². The topological polar surface area (TPSA) is 197 Å². The van der Waals surface area contributed by atoms with Crippen LogP contribution in [0.2, 0.25) is 0 Å². The number of carbonyl (C=O) groups excluding carboxylic acids is 1. The third-order valence-electron chi connectivity index (χ3n) is 15.5. The molecule has 1 aliphatic heterocycles. The van der Waals surface area contributed by atoms with E-state index in [1.165, 1.54) is 0 Å². The Kier molecular flexibility index (Phi) is 8.88. The maximum Gasteiger partial charge on any atom is 0.314 e. The molecule has 1 heterocycles. The van der Waals surface area contributed by atoms with Gasteiger partial charge >= 0.3 is 5.97 Å². The molecule has 0 aromatic rings. The molecule has 0 spiro atoms. The number of ether oxygens (including phenoxy) is 2. The zero-order valence-electron chi connectivity index (χ0n) is 28.6. The molecular weight excluding hydrogens is 608 g/mol. The highest BCUT2D eigenvalue weighted by Crippen LogP contribution is 2.75. The van der Waals surface area contributed by atoms with E-state index in [1.54, 1.807) is 0 Å². The Hall–Kier alpha value is -1.15. The van der Waals surface area contributed by atoms with Gasteiger partial charge in [-0.2, -0.15) is 0 Å². The van der Waals surface area contributed by atoms with Gasteiger partial charge in [-0.25, -0.2) is 0 Å². The van der Waals surface area contributed by atoms with Crippen LogP contribution in [0, 0.1) is 56.2 Å². The van der Waals surface area contributed by atoms with Crippen LogP contribution in [0.15, 0.2) is 12.2 Å². The van der Waals surface area contributed by atoms with Gasteiger partial charge in [0, 0.05) is 12.0 Å². The number of hydrogen-bond acceptors (Lipinski definition) is 11. The number of aliphatic hydroxyl groups excluding tert-OH is 8. The van der Waals surface area contributed by atoms with Crippen LogP contribution >= 0.6 is 0 Å². The first-order chi connectivity index (χ1) is 21.9. The predicted molar refractivity (Wildman–Crippen MR) is 169 cm³/mol. The standard InChI is InChI=1S/C36H58O11/c1-31(17-38)10-12-36(30(45)47-29-27(43)26(42)25(41)22(16-37)46-29)13-11-34(4)19(20(36)14-31)6-7-24-32(2)15-21(40)28(44)33(3,18-39)23(32)8-9-35(24,34)5/h6-7,19-29,37-44H,8-18H2,1-5H3/t19-,20-,21-,22-,23-,24-,25-,26+,27-,28+,29+,31-,32+,33+,34-,35-,36+/m1/s1. The van der Waals surface area contributed by atoms with Crippen LogP contribution in [0.4, 0.5) is 0 Å². The Morgan fingerprint density at radius 2 is 1.49 bits per heavy atom. The molecular formula is C36H58O11. The predicted octanol–water partition coefficient (Wildman–Crippen LogP) is 1.26. The van der Waals surface area contributed by atoms with Gasteiger partial charge in [0.15, 0.2) is 0 Å². The van der Waals surface area contributed by atoms with Crippen LogP contribution < -0.4 is 0 Å². The van der Waals surface area contributed by atoms with Gasteiger partial charge in [0.2, 0.25) is 6.29 Å². The van der Waals surface area contributed by atoms with Gasteiger partial charge in [0.25, 0.3) is 0 Å². The monoisotopic (exact) mass is 666 g/mol. The van der Waals surface area contributed by atoms with Crippen LogP contribution in [0.3, 0.4) is 0 Å². The minimum Gasteiger partial charge on any atom is -0.432 e. The van der Waals surface area contributed by atoms with Crippen molar-refractivity contribution < 1.29 is 55.1 Å². The SMILES string of the molecule is C[C@@]1(CO)CC[C@]2(C(=O)O[C@@H]3O[C@H](CO)[C@@H](O)[C@H](O)[C@H]3O)CC[C@]3(C)[C@H](C=C[C@@H]4[C@@]5(C)C[C@@H](O)[C@H](O)[C@@](C)(CO)[C@@H]5CC[C@]43C)[C@H]2C1. The molecule has 6 rings (SSSR count). The van der Waals surface area contributed by atoms with Crippen molar-refractivity contribution in [3.05, 3.63) is 12.2 Å². The number of carbonyl (C=O) groups is 1. The molecule has 0 bridgehead atoms. The van der Waals surface area contributed by atoms with Crippen molar-refractivity contribution >= 4 is 5.97 Å². The second kappa shape index (κ2) is 11.7. The summed E-state index contributed by atoms with van der Waals surface area (Å²) in [6.07, 6.45) is -0.0719. The maximum absolute atomic E-state index is 14.4. The number of allylic oxidation sites excluding steroid dienone is 2. The van der Waals surface area contributed by atoms with E-state index >= 15 is 0 Å². The number of aliphatic hydroxyl groups is 8. The van der Waals surface area contributed by atoms with E-state index < -0.39 is 71.7 Å². The Bertz CT molecular complexity index is 1240. The molecule has 8 N–H and O–H groups in total. The quantitative estimate of drug-likeness (QED) is 0.155. The average Bonchev–Trinajstić information content (AvgIpc) is 3.04. The summed E-state index contributed by atoms with van der Waals surface area (Å²) in [6.45, 7) is 9.99. The molecule has 0 unspecified atom stereocenters. The highest BCUT2D eigenvalue weighted by molar-refractivity contribution is 5.78. The summed E-state index contributed by atoms with van der Waals surface area (Å²) in [5.41, 5.74) is -3.04. The number of esters is 1. The normalized spacial score (nSPS) is 57.3. The second-order valence-electron chi connectivity index (χ2n) is 17.7. The van der Waals surface area contributed by atoms with Gasteiger partial charge in [0.1, 0.15) is 24.4 Å². The largest absolute Gasteiger partial charge is 0.432 e. The summed E-state index contributed by atoms with van der Waals surface area (Å²) in [5.74, 6) is -0.720. The fourth-order valence-electron chi connectivity index (χ4n) is 12.3. The average molecular weight is 667 g/mol. The summed E-state index contributed by atoms with van der Waals surface area (Å²) in [6, 6.07) is 0. The van der Waals surface area contributed by atoms with Gasteiger partial charge in [-0.15, -0.1) is 0 Å². The van der Waals surface area contributed by atoms with Gasteiger partial charge in [-0.05, 0) is 96.7 Å². The number of hydrogen-bond donors (Lipinski definition) is 8. The first-order valence-electron chi connectivity index (χ1n) is 17.7. The zero-order valence-corrected chi connectivity index (χ0v) is 28.6. The van der Waals surface area contributed by atoms with Crippen molar-refractivity contribution in [1.29, 1.82) is 0 Å². The summed E-state index contributed by atoms with van der Waals surface area (Å²) < 4.78 is 11.5. The Morgan fingerprint density at radius 3 is 2.13 bits per heavy atom. The van der Waals surface area contributed by atoms with Crippen molar-refractivity contribution in [3.8, 4) is 0 Å². The maximum atomic E-state index is 14.4. The molecule has 5 fully saturated rings. The molecule has 0 amide bonds. The van der Waals surface area contributed by atoms with Gasteiger partial charge < -0.3 is 50.3 Å². The van der Waals surface area contributed by atoms with E-state index in [4.69, 9.17) is 9.47 Å². The molecule has 0 aromatic heterocycles. The minimum absolute atomic E-state index is 0.00447. The molecule has 6 aliphatic rings. The molecule has 11 heteroatoms. The van der Waals surface area contributed by atoms with E-state index in [2.05, 4.69) is 39.8 Å². The van der Waals surface area contributed by atoms with Crippen LogP contribution in [0.25, 0.3) is 0 Å². The molecule has 0 aromatic carbocycles. The van der Waals surface area contributed by atoms with Crippen LogP contribution in [-0.2, 0) is 14.3 Å². The smallest absolute Gasteiger partial charge is 0.314 e. The Balaban J connectivity index is 1.37. The molecule has 0 radical (unpaired) electrons. The van der Waals surface area contributed by atoms with Gasteiger partial charge in [-0.3, -0.25) is 4.79 Å². The number of fused-ring (bicyclic) bond motifs is 7. The van der Waals surface area contributed by atoms with E-state index in [1.807, 2.05) is 6.92 Å². The lowest BCUT2D eigenvalue weighted by molar-refractivity contribution is -0.299. The van der Waals surface area contributed by atoms with Gasteiger partial charge in [-0.1, -0.05) is 46.8 Å². The lowest BCUT2D eigenvalue weighted by Crippen LogP contribution is -2.69. The Labute approximate surface area is 278 Å². The van der Waals surface area contributed by atoms with Crippen molar-refractivity contribution in [1.82, 2.24) is 0 Å². The highest BCUT2D eigenvalue weighted by atomic mass is 16.7. The fraction of sp³-hybridized carbons (Fsp3) is 0.917. The first kappa shape index (κ1) is 35.7. The molecule has 1 saturated heterocycles. The van der Waals surface area contributed by atoms with E-state index in [0.717, 1.165) is 12.8 Å². The summed E-state index contributed by atoms with van der Waals surface area (Å²) in [7, 11) is 0. The Morgan fingerprint density at radius 1 is 0.809 bits per heavy atom. The lowest BCUT2D eigenvalue weighted by atomic mass is 9.32. The summed E-state index contributed by atoms with van der Waals surface area (Å²) >= 11 is 0. The summed E-state index contributed by atoms with van der Waals surface area (Å²) in [4.78, 5) is 14.4. The molecule has 11 nitrogen and oxygen atoms in total. The molecule has 5 aliphatic carbocycles. The van der Waals surface area contributed by atoms with E-state index in [-0.39, 0.29) is 53.1 Å². The van der Waals surface area contributed by atoms with E-state index in [9.17, 15) is 45.6 Å². The van der Waals surface area contributed by atoms with Crippen LogP contribution in [-0.4, -0.2) is 110 Å². The second-order valence-corrected chi connectivity index (χ2v) is 17.7.